The van der Waals surface area contributed by atoms with Crippen molar-refractivity contribution >= 4 is 54.8 Å². The summed E-state index contributed by atoms with van der Waals surface area (Å²) in [5.74, 6) is 1.06. The Kier molecular flexibility index (Phi) is 17.4. The summed E-state index contributed by atoms with van der Waals surface area (Å²) in [5, 5.41) is 30.1. The summed E-state index contributed by atoms with van der Waals surface area (Å²) < 4.78 is 22.5. The second kappa shape index (κ2) is 21.2. The number of carbonyl (C=O) groups excluding carboxylic acids is 1. The Labute approximate surface area is 330 Å². The second-order valence-corrected chi connectivity index (χ2v) is 15.1. The van der Waals surface area contributed by atoms with E-state index in [0.717, 1.165) is 26.6 Å². The molecule has 3 aromatic carbocycles. The predicted octanol–water partition coefficient (Wildman–Crippen LogP) is 4.39. The van der Waals surface area contributed by atoms with Crippen molar-refractivity contribution in [2.45, 2.75) is 82.6 Å². The number of aromatic nitrogens is 3. The maximum atomic E-state index is 12.9. The smallest absolute Gasteiger partial charge is 0.423 e. The summed E-state index contributed by atoms with van der Waals surface area (Å²) in [6, 6.07) is 21.4. The van der Waals surface area contributed by atoms with E-state index < -0.39 is 22.8 Å². The molecule has 2 atom stereocenters. The van der Waals surface area contributed by atoms with Gasteiger partial charge in [-0.3, -0.25) is 4.79 Å². The minimum atomic E-state index is -2.17. The molecule has 1 aliphatic rings. The third kappa shape index (κ3) is 14.2. The number of aliphatic hydroxyl groups excluding tert-OH is 2. The topological polar surface area (TPSA) is 166 Å². The van der Waals surface area contributed by atoms with E-state index in [-0.39, 0.29) is 37.3 Å². The first kappa shape index (κ1) is 43.6. The van der Waals surface area contributed by atoms with E-state index in [2.05, 4.69) is 58.6 Å². The number of benzene rings is 3. The third-order valence-electron chi connectivity index (χ3n) is 7.62. The molecule has 11 nitrogen and oxygen atoms in total. The summed E-state index contributed by atoms with van der Waals surface area (Å²) in [7, 11) is -2.17. The molecule has 53 heavy (non-hydrogen) atoms. The Hall–Kier alpha value is -3.83. The number of rotatable bonds is 12. The van der Waals surface area contributed by atoms with Crippen molar-refractivity contribution in [2.75, 3.05) is 10.6 Å². The molecule has 1 saturated carbocycles. The Morgan fingerprint density at radius 2 is 1.68 bits per heavy atom. The number of thiazole rings is 1. The number of carbonyl (C=O) groups is 1. The van der Waals surface area contributed by atoms with Gasteiger partial charge in [0.05, 0.1) is 16.8 Å². The molecular formula is C39H47LiN6O5S2-2. The van der Waals surface area contributed by atoms with Gasteiger partial charge in [0.1, 0.15) is 12.1 Å². The molecule has 1 fully saturated rings. The second-order valence-electron chi connectivity index (χ2n) is 13.2. The molecule has 2 heterocycles. The quantitative estimate of drug-likeness (QED) is 0.0702. The average molecular weight is 751 g/mol. The van der Waals surface area contributed by atoms with Gasteiger partial charge in [-0.25, -0.2) is 15.0 Å². The van der Waals surface area contributed by atoms with E-state index >= 15 is 0 Å². The maximum absolute atomic E-state index is 12.9. The monoisotopic (exact) mass is 750 g/mol. The van der Waals surface area contributed by atoms with Gasteiger partial charge >= 0.3 is 18.9 Å². The number of hydrogen-bond donors (Lipinski definition) is 5. The molecule has 1 aliphatic carbocycles. The van der Waals surface area contributed by atoms with E-state index in [9.17, 15) is 23.4 Å². The van der Waals surface area contributed by atoms with Crippen molar-refractivity contribution in [3.63, 3.8) is 0 Å². The summed E-state index contributed by atoms with van der Waals surface area (Å²) in [6.45, 7) is 15.3. The summed E-state index contributed by atoms with van der Waals surface area (Å²) in [5.41, 5.74) is 4.31. The SMILES string of the molecule is O=[S-](=O)c1ccc2nc(NC3CC3)sc2c1.[CH2-]C(C)C.[CH2-][C@@H](O)[C@H](Cc1ccccc1)NC(=O)c1ccc(CO)c(Nc2cc(C(C)C)ncn2)c1.[Li+]. The van der Waals surface area contributed by atoms with E-state index in [1.807, 2.05) is 50.2 Å². The van der Waals surface area contributed by atoms with E-state index in [0.29, 0.717) is 45.9 Å². The van der Waals surface area contributed by atoms with Crippen molar-refractivity contribution in [1.82, 2.24) is 20.3 Å². The number of hydrogen-bond acceptors (Lipinski definition) is 12. The third-order valence-corrected chi connectivity index (χ3v) is 9.21. The van der Waals surface area contributed by atoms with Crippen LogP contribution in [0.1, 0.15) is 73.6 Å². The van der Waals surface area contributed by atoms with Crippen LogP contribution in [-0.4, -0.2) is 49.3 Å². The number of aliphatic hydroxyl groups is 2. The Morgan fingerprint density at radius 3 is 2.28 bits per heavy atom. The molecule has 0 bridgehead atoms. The molecule has 278 valence electrons. The summed E-state index contributed by atoms with van der Waals surface area (Å²) in [6.07, 6.45) is 3.37. The van der Waals surface area contributed by atoms with Gasteiger partial charge in [0.15, 0.2) is 5.13 Å². The zero-order chi connectivity index (χ0) is 37.8. The minimum absolute atomic E-state index is 0. The molecule has 0 aliphatic heterocycles. The van der Waals surface area contributed by atoms with Crippen LogP contribution in [0, 0.1) is 19.8 Å². The molecule has 14 heteroatoms. The number of anilines is 3. The maximum Gasteiger partial charge on any atom is 1.00 e. The van der Waals surface area contributed by atoms with Crippen LogP contribution in [0.4, 0.5) is 16.6 Å². The molecule has 2 aromatic heterocycles. The number of fused-ring (bicyclic) bond motifs is 1. The van der Waals surface area contributed by atoms with Crippen LogP contribution in [0.2, 0.25) is 0 Å². The molecule has 0 unspecified atom stereocenters. The van der Waals surface area contributed by atoms with Crippen LogP contribution >= 0.6 is 11.3 Å². The van der Waals surface area contributed by atoms with Crippen molar-refractivity contribution < 1.29 is 42.3 Å². The van der Waals surface area contributed by atoms with Crippen molar-refractivity contribution in [1.29, 1.82) is 0 Å². The number of nitrogens with zero attached hydrogens (tertiary/aromatic N) is 3. The van der Waals surface area contributed by atoms with E-state index in [1.165, 1.54) is 30.5 Å². The molecule has 0 spiro atoms. The van der Waals surface area contributed by atoms with Crippen LogP contribution < -0.4 is 34.8 Å². The minimum Gasteiger partial charge on any atom is -0.423 e. The fourth-order valence-corrected chi connectivity index (χ4v) is 6.19. The van der Waals surface area contributed by atoms with Crippen molar-refractivity contribution in [2.24, 2.45) is 5.92 Å². The van der Waals surface area contributed by atoms with Gasteiger partial charge in [-0.15, -0.1) is 0 Å². The van der Waals surface area contributed by atoms with Crippen LogP contribution in [0.3, 0.4) is 0 Å². The molecular weight excluding hydrogens is 704 g/mol. The zero-order valence-corrected chi connectivity index (χ0v) is 32.5. The number of nitrogens with one attached hydrogen (secondary N) is 3. The van der Waals surface area contributed by atoms with Gasteiger partial charge in [0, 0.05) is 40.7 Å². The van der Waals surface area contributed by atoms with Crippen LogP contribution in [0.25, 0.3) is 10.2 Å². The van der Waals surface area contributed by atoms with Crippen molar-refractivity contribution in [3.05, 3.63) is 115 Å². The van der Waals surface area contributed by atoms with E-state index in [4.69, 9.17) is 0 Å². The molecule has 0 saturated heterocycles. The van der Waals surface area contributed by atoms with Crippen LogP contribution in [0.15, 0.2) is 84.0 Å². The molecule has 5 N–H and O–H groups in total. The predicted molar refractivity (Wildman–Crippen MR) is 208 cm³/mol. The fourth-order valence-electron chi connectivity index (χ4n) is 4.74. The fraction of sp³-hybridized carbons (Fsp3) is 0.333. The van der Waals surface area contributed by atoms with Gasteiger partial charge in [0.25, 0.3) is 5.91 Å². The summed E-state index contributed by atoms with van der Waals surface area (Å²) >= 11 is 1.50. The van der Waals surface area contributed by atoms with E-state index in [1.54, 1.807) is 36.4 Å². The molecule has 1 amide bonds. The Morgan fingerprint density at radius 1 is 0.981 bits per heavy atom. The first-order chi connectivity index (χ1) is 24.8. The standard InChI is InChI=1S/C25H29N4O3.C10H9N2O2S2.C4H9.Li/c1-16(2)21-13-24(27-15-26-21)28-23-12-19(9-10-20(23)14-30)25(32)29-22(17(3)31)11-18-7-5-4-6-8-18;13-16(14)7-3-4-8-9(5-7)15-10(12-8)11-6-1-2-6;1-4(2)3;/h4-10,12-13,15-17,22,30-31H,3,11,14H2,1-2H3,(H,29,32)(H,26,27,28);3-6H,1-2H2,(H,11,12);4H,1H2,2-3H3;/q3*-1;+1/t17-,22+;;;/m1.../s1. The summed E-state index contributed by atoms with van der Waals surface area (Å²) in [4.78, 5) is 26.1. The molecule has 0 radical (unpaired) electrons. The normalized spacial score (nSPS) is 13.3. The Balaban J connectivity index is 0.000000298. The first-order valence-corrected chi connectivity index (χ1v) is 19.0. The van der Waals surface area contributed by atoms with Gasteiger partial charge in [-0.1, -0.05) is 92.5 Å². The van der Waals surface area contributed by atoms with Gasteiger partial charge in [-0.05, 0) is 65.8 Å². The molecule has 5 aromatic rings. The van der Waals surface area contributed by atoms with Gasteiger partial charge in [0.2, 0.25) is 0 Å². The van der Waals surface area contributed by atoms with Gasteiger partial charge in [-0.2, -0.15) is 5.92 Å². The average Bonchev–Trinajstić information content (AvgIpc) is 3.83. The van der Waals surface area contributed by atoms with Crippen molar-refractivity contribution in [3.8, 4) is 0 Å². The largest absolute Gasteiger partial charge is 1.00 e. The van der Waals surface area contributed by atoms with Gasteiger partial charge < -0.3 is 48.4 Å². The van der Waals surface area contributed by atoms with Crippen LogP contribution in [-0.2, 0) is 32.1 Å². The zero-order valence-electron chi connectivity index (χ0n) is 30.9. The number of amides is 1. The first-order valence-electron chi connectivity index (χ1n) is 17.1. The molecule has 6 rings (SSSR count). The van der Waals surface area contributed by atoms with Crippen LogP contribution in [0.5, 0.6) is 0 Å². The Bertz CT molecular complexity index is 1970.